The zero-order valence-corrected chi connectivity index (χ0v) is 32.2. The highest BCUT2D eigenvalue weighted by Gasteiger charge is 2.50. The molecule has 0 saturated heterocycles. The second-order valence-corrected chi connectivity index (χ2v) is 17.5. The fourth-order valence-electron chi connectivity index (χ4n) is 5.97. The van der Waals surface area contributed by atoms with Crippen LogP contribution in [0, 0.1) is 0 Å². The first-order valence-corrected chi connectivity index (χ1v) is 19.1. The van der Waals surface area contributed by atoms with Gasteiger partial charge >= 0.3 is 0 Å². The molecule has 0 saturated carbocycles. The maximum absolute atomic E-state index is 7.18. The van der Waals surface area contributed by atoms with E-state index in [-0.39, 0.29) is 37.6 Å². The molecule has 9 nitrogen and oxygen atoms in total. The summed E-state index contributed by atoms with van der Waals surface area (Å²) >= 11 is 0. The predicted molar refractivity (Wildman–Crippen MR) is 199 cm³/mol. The molecule has 0 radical (unpaired) electrons. The molecule has 0 spiro atoms. The second kappa shape index (κ2) is 22.1. The van der Waals surface area contributed by atoms with Crippen LogP contribution in [0.4, 0.5) is 0 Å². The predicted octanol–water partition coefficient (Wildman–Crippen LogP) is 6.48. The van der Waals surface area contributed by atoms with E-state index in [0.717, 1.165) is 11.3 Å². The Bertz CT molecular complexity index is 1290. The van der Waals surface area contributed by atoms with Crippen molar-refractivity contribution < 1.29 is 42.3 Å². The number of hydrogen-bond acceptors (Lipinski definition) is 9. The minimum Gasteiger partial charge on any atom is -0.497 e. The lowest BCUT2D eigenvalue weighted by Crippen LogP contribution is -2.66. The van der Waals surface area contributed by atoms with Crippen molar-refractivity contribution >= 4 is 18.7 Å². The van der Waals surface area contributed by atoms with E-state index in [1.807, 2.05) is 55.5 Å². The van der Waals surface area contributed by atoms with Crippen LogP contribution >= 0.6 is 0 Å². The molecule has 10 heteroatoms. The molecule has 0 unspecified atom stereocenters. The standard InChI is InChI=1S/C40H58O9Si/c1-32(45-28-33-19-21-34(44-8)22-20-33)27-35(46-29-41-5)23-24-38(47-30-42-6)39(48-31-43-7)25-26-49-50(40(2,3)4,36-15-11-9-12-16-36)37-17-13-10-14-18-37/h9-24,32,35,38-39H,25-31H2,1-8H3/t32-,35-,38+,39+/m1/s1. The molecule has 276 valence electrons. The van der Waals surface area contributed by atoms with Crippen LogP contribution < -0.4 is 15.1 Å². The summed E-state index contributed by atoms with van der Waals surface area (Å²) in [6, 6.07) is 29.1. The molecular weight excluding hydrogens is 653 g/mol. The third-order valence-corrected chi connectivity index (χ3v) is 13.5. The largest absolute Gasteiger partial charge is 0.497 e. The molecule has 0 bridgehead atoms. The van der Waals surface area contributed by atoms with Crippen LogP contribution in [0.1, 0.15) is 46.1 Å². The van der Waals surface area contributed by atoms with Gasteiger partial charge in [-0.05, 0) is 46.5 Å². The lowest BCUT2D eigenvalue weighted by molar-refractivity contribution is -0.147. The summed E-state index contributed by atoms with van der Waals surface area (Å²) in [5, 5.41) is 2.30. The average Bonchev–Trinajstić information content (AvgIpc) is 3.13. The van der Waals surface area contributed by atoms with Crippen molar-refractivity contribution in [2.24, 2.45) is 0 Å². The molecule has 3 aromatic carbocycles. The van der Waals surface area contributed by atoms with Crippen LogP contribution in [-0.2, 0) is 44.2 Å². The van der Waals surface area contributed by atoms with Crippen molar-refractivity contribution in [3.05, 3.63) is 103 Å². The van der Waals surface area contributed by atoms with Crippen molar-refractivity contribution in [1.82, 2.24) is 0 Å². The molecule has 0 amide bonds. The Morgan fingerprint density at radius 2 is 1.22 bits per heavy atom. The van der Waals surface area contributed by atoms with Gasteiger partial charge in [0.15, 0.2) is 0 Å². The van der Waals surface area contributed by atoms with E-state index in [9.17, 15) is 0 Å². The van der Waals surface area contributed by atoms with Gasteiger partial charge in [0.05, 0.1) is 32.0 Å². The van der Waals surface area contributed by atoms with Gasteiger partial charge in [-0.2, -0.15) is 0 Å². The van der Waals surface area contributed by atoms with Gasteiger partial charge in [0.2, 0.25) is 0 Å². The molecule has 0 N–H and O–H groups in total. The van der Waals surface area contributed by atoms with Gasteiger partial charge in [0.25, 0.3) is 8.32 Å². The summed E-state index contributed by atoms with van der Waals surface area (Å²) in [4.78, 5) is 0. The lowest BCUT2D eigenvalue weighted by Gasteiger charge is -2.43. The number of hydrogen-bond donors (Lipinski definition) is 0. The summed E-state index contributed by atoms with van der Waals surface area (Å²) < 4.78 is 53.0. The third-order valence-electron chi connectivity index (χ3n) is 8.46. The molecule has 3 rings (SSSR count). The highest BCUT2D eigenvalue weighted by atomic mass is 28.4. The quantitative estimate of drug-likeness (QED) is 0.0590. The molecule has 0 aliphatic heterocycles. The van der Waals surface area contributed by atoms with E-state index in [2.05, 4.69) is 69.3 Å². The number of rotatable bonds is 24. The summed E-state index contributed by atoms with van der Waals surface area (Å²) in [5.74, 6) is 0.813. The number of ether oxygens (including phenoxy) is 8. The Kier molecular flexibility index (Phi) is 18.4. The Labute approximate surface area is 300 Å². The highest BCUT2D eigenvalue weighted by Crippen LogP contribution is 2.37. The zero-order chi connectivity index (χ0) is 36.2. The lowest BCUT2D eigenvalue weighted by atomic mass is 10.1. The summed E-state index contributed by atoms with van der Waals surface area (Å²) in [6.45, 7) is 10.1. The fraction of sp³-hybridized carbons (Fsp3) is 0.500. The highest BCUT2D eigenvalue weighted by molar-refractivity contribution is 6.99. The van der Waals surface area contributed by atoms with Crippen molar-refractivity contribution in [1.29, 1.82) is 0 Å². The molecule has 0 aliphatic rings. The maximum Gasteiger partial charge on any atom is 0.261 e. The molecule has 0 heterocycles. The van der Waals surface area contributed by atoms with E-state index in [1.165, 1.54) is 10.4 Å². The second-order valence-electron chi connectivity index (χ2n) is 13.2. The maximum atomic E-state index is 7.18. The van der Waals surface area contributed by atoms with Gasteiger partial charge in [0.1, 0.15) is 32.2 Å². The minimum absolute atomic E-state index is 0.0857. The summed E-state index contributed by atoms with van der Waals surface area (Å²) in [5.41, 5.74) is 1.06. The smallest absolute Gasteiger partial charge is 0.261 e. The van der Waals surface area contributed by atoms with Gasteiger partial charge in [0, 0.05) is 34.4 Å². The van der Waals surface area contributed by atoms with Gasteiger partial charge < -0.3 is 42.3 Å². The van der Waals surface area contributed by atoms with E-state index >= 15 is 0 Å². The van der Waals surface area contributed by atoms with E-state index in [1.54, 1.807) is 28.4 Å². The van der Waals surface area contributed by atoms with Gasteiger partial charge in [-0.25, -0.2) is 0 Å². The van der Waals surface area contributed by atoms with Crippen LogP contribution in [-0.4, -0.2) is 88.2 Å². The molecular formula is C40H58O9Si. The van der Waals surface area contributed by atoms with Crippen LogP contribution in [0.5, 0.6) is 5.75 Å². The molecule has 50 heavy (non-hydrogen) atoms. The Hall–Kier alpha value is -2.90. The van der Waals surface area contributed by atoms with E-state index < -0.39 is 20.5 Å². The van der Waals surface area contributed by atoms with Crippen molar-refractivity contribution in [3.63, 3.8) is 0 Å². The normalized spacial score (nSPS) is 14.8. The summed E-state index contributed by atoms with van der Waals surface area (Å²) in [7, 11) is 3.73. The van der Waals surface area contributed by atoms with Crippen molar-refractivity contribution in [2.45, 2.75) is 76.6 Å². The Morgan fingerprint density at radius 1 is 0.660 bits per heavy atom. The third kappa shape index (κ3) is 12.7. The fourth-order valence-corrected chi connectivity index (χ4v) is 10.5. The molecule has 0 fully saturated rings. The number of benzene rings is 3. The molecule has 3 aromatic rings. The first-order valence-electron chi connectivity index (χ1n) is 17.2. The summed E-state index contributed by atoms with van der Waals surface area (Å²) in [6.07, 6.45) is 3.85. The van der Waals surface area contributed by atoms with Crippen molar-refractivity contribution in [2.75, 3.05) is 55.4 Å². The minimum atomic E-state index is -2.74. The molecule has 0 aliphatic carbocycles. The van der Waals surface area contributed by atoms with Gasteiger partial charge in [-0.15, -0.1) is 0 Å². The Morgan fingerprint density at radius 3 is 1.76 bits per heavy atom. The van der Waals surface area contributed by atoms with Crippen LogP contribution in [0.3, 0.4) is 0 Å². The van der Waals surface area contributed by atoms with Crippen LogP contribution in [0.25, 0.3) is 0 Å². The number of methoxy groups -OCH3 is 4. The van der Waals surface area contributed by atoms with Crippen LogP contribution in [0.15, 0.2) is 97.1 Å². The molecule has 0 aromatic heterocycles. The van der Waals surface area contributed by atoms with E-state index in [0.29, 0.717) is 26.1 Å². The van der Waals surface area contributed by atoms with Crippen molar-refractivity contribution in [3.8, 4) is 5.75 Å². The molecule has 4 atom stereocenters. The monoisotopic (exact) mass is 710 g/mol. The zero-order valence-electron chi connectivity index (χ0n) is 31.2. The van der Waals surface area contributed by atoms with Crippen LogP contribution in [0.2, 0.25) is 5.04 Å². The average molecular weight is 711 g/mol. The first-order chi connectivity index (χ1) is 24.2. The van der Waals surface area contributed by atoms with E-state index in [4.69, 9.17) is 42.3 Å². The SMILES string of the molecule is COCO[C@H](C=C[C@H](OCOC)[C@H](CCO[Si](c1ccccc1)(c1ccccc1)C(C)(C)C)OCOC)C[C@@H](C)OCc1ccc(OC)cc1. The topological polar surface area (TPSA) is 83.1 Å². The first kappa shape index (κ1) is 41.5. The van der Waals surface area contributed by atoms with Gasteiger partial charge in [-0.3, -0.25) is 0 Å². The Balaban J connectivity index is 1.80. The van der Waals surface area contributed by atoms with Gasteiger partial charge in [-0.1, -0.05) is 106 Å².